The molecule has 0 amide bonds. The first-order chi connectivity index (χ1) is 11.8. The first-order valence-electron chi connectivity index (χ1n) is 9.86. The van der Waals surface area contributed by atoms with Gasteiger partial charge in [0.25, 0.3) is 0 Å². The van der Waals surface area contributed by atoms with Crippen molar-refractivity contribution in [2.75, 3.05) is 26.3 Å². The molecule has 3 heteroatoms. The first kappa shape index (κ1) is 21.5. The third kappa shape index (κ3) is 12.8. The van der Waals surface area contributed by atoms with E-state index < -0.39 is 0 Å². The highest BCUT2D eigenvalue weighted by molar-refractivity contribution is 6.30. The number of unbranched alkanes of at least 4 members (excludes halogenated alkanes) is 8. The largest absolute Gasteiger partial charge is 0.380 e. The monoisotopic (exact) mass is 353 g/mol. The van der Waals surface area contributed by atoms with Crippen molar-refractivity contribution in [3.63, 3.8) is 0 Å². The third-order valence-electron chi connectivity index (χ3n) is 4.32. The van der Waals surface area contributed by atoms with Gasteiger partial charge in [-0.1, -0.05) is 82.0 Å². The lowest BCUT2D eigenvalue weighted by Gasteiger charge is -2.07. The van der Waals surface area contributed by atoms with Crippen LogP contribution in [0.5, 0.6) is 0 Å². The molecule has 1 aromatic carbocycles. The normalized spacial score (nSPS) is 11.1. The van der Waals surface area contributed by atoms with E-state index in [1.54, 1.807) is 0 Å². The zero-order valence-electron chi connectivity index (χ0n) is 15.5. The molecule has 0 fully saturated rings. The van der Waals surface area contributed by atoms with E-state index in [0.29, 0.717) is 0 Å². The van der Waals surface area contributed by atoms with Crippen molar-refractivity contribution in [1.29, 1.82) is 0 Å². The minimum absolute atomic E-state index is 0.802. The molecule has 0 radical (unpaired) electrons. The van der Waals surface area contributed by atoms with E-state index in [9.17, 15) is 0 Å². The Balaban J connectivity index is 1.75. The summed E-state index contributed by atoms with van der Waals surface area (Å²) < 4.78 is 5.68. The molecule has 1 N–H and O–H groups in total. The van der Waals surface area contributed by atoms with E-state index in [2.05, 4.69) is 24.4 Å². The highest BCUT2D eigenvalue weighted by Crippen LogP contribution is 2.10. The summed E-state index contributed by atoms with van der Waals surface area (Å²) in [5, 5.41) is 4.23. The third-order valence-corrected chi connectivity index (χ3v) is 4.57. The van der Waals surface area contributed by atoms with Crippen LogP contribution >= 0.6 is 11.6 Å². The van der Waals surface area contributed by atoms with Crippen molar-refractivity contribution in [1.82, 2.24) is 5.32 Å². The second-order valence-electron chi connectivity index (χ2n) is 6.57. The molecule has 0 unspecified atom stereocenters. The highest BCUT2D eigenvalue weighted by Gasteiger charge is 1.95. The minimum Gasteiger partial charge on any atom is -0.380 e. The number of benzene rings is 1. The summed E-state index contributed by atoms with van der Waals surface area (Å²) in [7, 11) is 0. The van der Waals surface area contributed by atoms with Crippen LogP contribution in [0, 0.1) is 0 Å². The molecule has 0 heterocycles. The highest BCUT2D eigenvalue weighted by atomic mass is 35.5. The van der Waals surface area contributed by atoms with Crippen LogP contribution in [0.15, 0.2) is 24.3 Å². The van der Waals surface area contributed by atoms with Gasteiger partial charge in [-0.15, -0.1) is 0 Å². The number of nitrogens with one attached hydrogen (secondary N) is 1. The molecular weight excluding hydrogens is 318 g/mol. The molecule has 1 rings (SSSR count). The maximum atomic E-state index is 5.88. The van der Waals surface area contributed by atoms with E-state index in [1.165, 1.54) is 63.4 Å². The second kappa shape index (κ2) is 15.9. The summed E-state index contributed by atoms with van der Waals surface area (Å²) >= 11 is 5.88. The van der Waals surface area contributed by atoms with E-state index in [4.69, 9.17) is 16.3 Å². The van der Waals surface area contributed by atoms with Crippen LogP contribution in [0.4, 0.5) is 0 Å². The SMILES string of the molecule is CCCCCCCCCCCOCCNCCc1ccc(Cl)cc1. The van der Waals surface area contributed by atoms with Crippen molar-refractivity contribution >= 4 is 11.6 Å². The van der Waals surface area contributed by atoms with Crippen molar-refractivity contribution < 1.29 is 4.74 Å². The fraction of sp³-hybridized carbons (Fsp3) is 0.714. The molecule has 0 bridgehead atoms. The van der Waals surface area contributed by atoms with Gasteiger partial charge in [0.15, 0.2) is 0 Å². The summed E-state index contributed by atoms with van der Waals surface area (Å²) in [5.74, 6) is 0. The van der Waals surface area contributed by atoms with Gasteiger partial charge in [-0.2, -0.15) is 0 Å². The van der Waals surface area contributed by atoms with Crippen LogP contribution in [0.3, 0.4) is 0 Å². The lowest BCUT2D eigenvalue weighted by Crippen LogP contribution is -2.22. The summed E-state index contributed by atoms with van der Waals surface area (Å²) in [6, 6.07) is 8.07. The smallest absolute Gasteiger partial charge is 0.0590 e. The predicted octanol–water partition coefficient (Wildman–Crippen LogP) is 6.02. The number of hydrogen-bond donors (Lipinski definition) is 1. The molecule has 0 spiro atoms. The van der Waals surface area contributed by atoms with Gasteiger partial charge >= 0.3 is 0 Å². The van der Waals surface area contributed by atoms with Crippen LogP contribution in [-0.4, -0.2) is 26.3 Å². The topological polar surface area (TPSA) is 21.3 Å². The number of rotatable bonds is 16. The van der Waals surface area contributed by atoms with Gasteiger partial charge < -0.3 is 10.1 Å². The Labute approximate surface area is 154 Å². The number of halogens is 1. The average molecular weight is 354 g/mol. The Morgan fingerprint density at radius 2 is 1.42 bits per heavy atom. The second-order valence-corrected chi connectivity index (χ2v) is 7.00. The number of ether oxygens (including phenoxy) is 1. The van der Waals surface area contributed by atoms with Crippen LogP contribution in [0.1, 0.15) is 70.3 Å². The Morgan fingerprint density at radius 3 is 2.08 bits per heavy atom. The van der Waals surface area contributed by atoms with Gasteiger partial charge in [-0.3, -0.25) is 0 Å². The van der Waals surface area contributed by atoms with Crippen molar-refractivity contribution in [3.8, 4) is 0 Å². The van der Waals surface area contributed by atoms with Crippen LogP contribution < -0.4 is 5.32 Å². The lowest BCUT2D eigenvalue weighted by atomic mass is 10.1. The molecule has 0 aromatic heterocycles. The van der Waals surface area contributed by atoms with Gasteiger partial charge in [-0.25, -0.2) is 0 Å². The van der Waals surface area contributed by atoms with E-state index in [-0.39, 0.29) is 0 Å². The van der Waals surface area contributed by atoms with Crippen molar-refractivity contribution in [2.24, 2.45) is 0 Å². The molecule has 0 aliphatic heterocycles. The molecule has 2 nitrogen and oxygen atoms in total. The molecule has 0 saturated carbocycles. The maximum Gasteiger partial charge on any atom is 0.0590 e. The fourth-order valence-corrected chi connectivity index (χ4v) is 2.90. The number of hydrogen-bond acceptors (Lipinski definition) is 2. The molecule has 138 valence electrons. The molecular formula is C21H36ClNO. The van der Waals surface area contributed by atoms with Crippen LogP contribution in [-0.2, 0) is 11.2 Å². The van der Waals surface area contributed by atoms with Crippen LogP contribution in [0.2, 0.25) is 5.02 Å². The predicted molar refractivity (Wildman–Crippen MR) is 106 cm³/mol. The van der Waals surface area contributed by atoms with Crippen molar-refractivity contribution in [3.05, 3.63) is 34.9 Å². The fourth-order valence-electron chi connectivity index (χ4n) is 2.77. The van der Waals surface area contributed by atoms with Gasteiger partial charge in [0.1, 0.15) is 0 Å². The zero-order chi connectivity index (χ0) is 17.3. The zero-order valence-corrected chi connectivity index (χ0v) is 16.3. The summed E-state index contributed by atoms with van der Waals surface area (Å²) in [4.78, 5) is 0. The van der Waals surface area contributed by atoms with Gasteiger partial charge in [0, 0.05) is 18.2 Å². The Kier molecular flexibility index (Phi) is 14.3. The van der Waals surface area contributed by atoms with Crippen LogP contribution in [0.25, 0.3) is 0 Å². The minimum atomic E-state index is 0.802. The van der Waals surface area contributed by atoms with Gasteiger partial charge in [-0.05, 0) is 37.1 Å². The maximum absolute atomic E-state index is 5.88. The first-order valence-corrected chi connectivity index (χ1v) is 10.2. The van der Waals surface area contributed by atoms with E-state index in [1.807, 2.05) is 12.1 Å². The molecule has 1 aromatic rings. The van der Waals surface area contributed by atoms with Crippen molar-refractivity contribution in [2.45, 2.75) is 71.1 Å². The van der Waals surface area contributed by atoms with E-state index >= 15 is 0 Å². The van der Waals surface area contributed by atoms with Gasteiger partial charge in [0.05, 0.1) is 6.61 Å². The quantitative estimate of drug-likeness (QED) is 0.367. The Morgan fingerprint density at radius 1 is 0.792 bits per heavy atom. The lowest BCUT2D eigenvalue weighted by molar-refractivity contribution is 0.131. The van der Waals surface area contributed by atoms with E-state index in [0.717, 1.165) is 37.7 Å². The molecule has 24 heavy (non-hydrogen) atoms. The Bertz CT molecular complexity index is 380. The standard InChI is InChI=1S/C21H36ClNO/c1-2-3-4-5-6-7-8-9-10-18-24-19-17-23-16-15-20-11-13-21(22)14-12-20/h11-14,23H,2-10,15-19H2,1H3. The molecule has 0 aliphatic rings. The average Bonchev–Trinajstić information content (AvgIpc) is 2.60. The Hall–Kier alpha value is -0.570. The summed E-state index contributed by atoms with van der Waals surface area (Å²) in [6.45, 7) is 5.93. The summed E-state index contributed by atoms with van der Waals surface area (Å²) in [5.41, 5.74) is 1.32. The molecule has 0 atom stereocenters. The molecule has 0 aliphatic carbocycles. The summed E-state index contributed by atoms with van der Waals surface area (Å²) in [6.07, 6.45) is 13.3. The molecule has 0 saturated heterocycles. The van der Waals surface area contributed by atoms with Gasteiger partial charge in [0.2, 0.25) is 0 Å².